The van der Waals surface area contributed by atoms with Gasteiger partial charge in [0.15, 0.2) is 5.96 Å². The molecular formula is C46H77N13O13. The van der Waals surface area contributed by atoms with Gasteiger partial charge in [0.1, 0.15) is 48.3 Å². The molecule has 12 atom stereocenters. The van der Waals surface area contributed by atoms with Crippen LogP contribution in [0.15, 0.2) is 30.3 Å². The van der Waals surface area contributed by atoms with Crippen LogP contribution >= 0.6 is 0 Å². The minimum Gasteiger partial charge on any atom is -0.394 e. The third kappa shape index (κ3) is 19.6. The second-order valence-electron chi connectivity index (χ2n) is 19.4. The number of benzene rings is 1. The van der Waals surface area contributed by atoms with Crippen molar-refractivity contribution in [2.24, 2.45) is 28.7 Å². The number of nitrogens with one attached hydrogen (secondary N) is 11. The monoisotopic (exact) mass is 1020 g/mol. The number of carbonyl (C=O) groups is 9. The van der Waals surface area contributed by atoms with Gasteiger partial charge in [0.25, 0.3) is 0 Å². The van der Waals surface area contributed by atoms with Crippen molar-refractivity contribution in [2.45, 2.75) is 148 Å². The number of rotatable bonds is 13. The molecule has 1 aromatic carbocycles. The second-order valence-corrected chi connectivity index (χ2v) is 19.4. The Morgan fingerprint density at radius 1 is 0.681 bits per heavy atom. The summed E-state index contributed by atoms with van der Waals surface area (Å²) in [5.74, 6) is -10.9. The number of hydrogen-bond acceptors (Lipinski definition) is 15. The molecule has 404 valence electrons. The number of amides is 9. The quantitative estimate of drug-likeness (QED) is 0.0499. The molecule has 0 bridgehead atoms. The first kappa shape index (κ1) is 61.6. The van der Waals surface area contributed by atoms with E-state index in [0.29, 0.717) is 6.42 Å². The van der Waals surface area contributed by atoms with Crippen molar-refractivity contribution in [2.75, 3.05) is 26.3 Å². The molecular weight excluding hydrogens is 943 g/mol. The molecule has 0 spiro atoms. The molecule has 1 fully saturated rings. The van der Waals surface area contributed by atoms with Gasteiger partial charge in [-0.1, -0.05) is 85.2 Å². The van der Waals surface area contributed by atoms with Gasteiger partial charge in [-0.25, -0.2) is 0 Å². The van der Waals surface area contributed by atoms with Crippen molar-refractivity contribution in [3.8, 4) is 0 Å². The molecule has 0 saturated carbocycles. The topological polar surface area (TPSA) is 431 Å². The maximum atomic E-state index is 14.4. The lowest BCUT2D eigenvalue weighted by Crippen LogP contribution is -2.63. The van der Waals surface area contributed by atoms with Crippen LogP contribution in [-0.4, -0.2) is 166 Å². The number of aliphatic hydroxyl groups excluding tert-OH is 4. The van der Waals surface area contributed by atoms with Gasteiger partial charge in [-0.3, -0.25) is 48.6 Å². The molecule has 26 nitrogen and oxygen atoms in total. The third-order valence-corrected chi connectivity index (χ3v) is 11.7. The fraction of sp³-hybridized carbons (Fsp3) is 0.652. The zero-order valence-corrected chi connectivity index (χ0v) is 42.2. The van der Waals surface area contributed by atoms with Gasteiger partial charge in [-0.15, -0.1) is 0 Å². The lowest BCUT2D eigenvalue weighted by molar-refractivity contribution is -0.138. The highest BCUT2D eigenvalue weighted by atomic mass is 16.3. The summed E-state index contributed by atoms with van der Waals surface area (Å²) in [6, 6.07) is -6.70. The van der Waals surface area contributed by atoms with Crippen LogP contribution in [-0.2, 0) is 43.2 Å². The lowest BCUT2D eigenvalue weighted by Gasteiger charge is -2.33. The Morgan fingerprint density at radius 3 is 1.72 bits per heavy atom. The van der Waals surface area contributed by atoms with E-state index < -0.39 is 157 Å². The van der Waals surface area contributed by atoms with E-state index in [-0.39, 0.29) is 37.3 Å². The molecule has 1 unspecified atom stereocenters. The summed E-state index contributed by atoms with van der Waals surface area (Å²) in [5, 5.41) is 74.3. The molecule has 0 radical (unpaired) electrons. The smallest absolute Gasteiger partial charge is 0.245 e. The molecule has 1 aliphatic rings. The van der Waals surface area contributed by atoms with Crippen molar-refractivity contribution in [1.82, 2.24) is 53.2 Å². The highest BCUT2D eigenvalue weighted by Gasteiger charge is 2.40. The second kappa shape index (κ2) is 29.1. The van der Waals surface area contributed by atoms with E-state index in [1.165, 1.54) is 19.1 Å². The van der Waals surface area contributed by atoms with Crippen LogP contribution in [0.4, 0.5) is 0 Å². The van der Waals surface area contributed by atoms with Crippen LogP contribution in [0.5, 0.6) is 0 Å². The van der Waals surface area contributed by atoms with Gasteiger partial charge in [0.05, 0.1) is 38.0 Å². The molecule has 72 heavy (non-hydrogen) atoms. The van der Waals surface area contributed by atoms with Gasteiger partial charge < -0.3 is 85.1 Å². The average Bonchev–Trinajstić information content (AvgIpc) is 3.32. The number of carbonyl (C=O) groups excluding carboxylic acids is 9. The first-order chi connectivity index (χ1) is 33.6. The molecule has 19 N–H and O–H groups in total. The molecule has 0 aliphatic carbocycles. The highest BCUT2D eigenvalue weighted by molar-refractivity contribution is 5.98. The molecule has 1 heterocycles. The molecule has 0 aromatic heterocycles. The number of aliphatic hydroxyl groups is 4. The van der Waals surface area contributed by atoms with Gasteiger partial charge >= 0.3 is 0 Å². The van der Waals surface area contributed by atoms with Crippen LogP contribution in [0.1, 0.15) is 92.7 Å². The van der Waals surface area contributed by atoms with Crippen LogP contribution in [0, 0.1) is 22.7 Å². The molecule has 1 aromatic rings. The zero-order valence-electron chi connectivity index (χ0n) is 42.2. The van der Waals surface area contributed by atoms with Crippen molar-refractivity contribution in [3.05, 3.63) is 35.9 Å². The zero-order chi connectivity index (χ0) is 54.6. The Bertz CT molecular complexity index is 2040. The Hall–Kier alpha value is -6.48. The molecule has 26 heteroatoms. The summed E-state index contributed by atoms with van der Waals surface area (Å²) in [6.07, 6.45) is -2.92. The summed E-state index contributed by atoms with van der Waals surface area (Å²) < 4.78 is 0. The lowest BCUT2D eigenvalue weighted by atomic mass is 9.87. The molecule has 1 saturated heterocycles. The summed E-state index contributed by atoms with van der Waals surface area (Å²) in [5.41, 5.74) is 11.5. The fourth-order valence-electron chi connectivity index (χ4n) is 7.33. The fourth-order valence-corrected chi connectivity index (χ4v) is 7.33. The van der Waals surface area contributed by atoms with Crippen molar-refractivity contribution < 1.29 is 63.6 Å². The Balaban J connectivity index is 2.81. The van der Waals surface area contributed by atoms with E-state index in [2.05, 4.69) is 53.2 Å². The Kier molecular flexibility index (Phi) is 24.9. The summed E-state index contributed by atoms with van der Waals surface area (Å²) >= 11 is 0. The third-order valence-electron chi connectivity index (χ3n) is 11.7. The van der Waals surface area contributed by atoms with Crippen LogP contribution in [0.2, 0.25) is 0 Å². The van der Waals surface area contributed by atoms with Gasteiger partial charge in [0, 0.05) is 6.54 Å². The maximum Gasteiger partial charge on any atom is 0.245 e. The number of nitrogens with two attached hydrogens (primary N) is 2. The van der Waals surface area contributed by atoms with Gasteiger partial charge in [-0.2, -0.15) is 0 Å². The van der Waals surface area contributed by atoms with Gasteiger partial charge in [-0.05, 0) is 49.0 Å². The molecule has 2 rings (SSSR count). The number of guanidine groups is 1. The van der Waals surface area contributed by atoms with E-state index >= 15 is 0 Å². The standard InChI is InChI=1S/C46H77N13O13/c1-9-23(4)32-43(71)57-33(24(5)62)42(70)51-19-30(63)52-28(20-60)39(67)55-29(21-61)40(68)58-34(25-14-11-10-12-15-25)31(47)41(69)59-35(36(64)22(2)3)44(72)54-27(18-46(6,7)8)38(66)53-26(37(65)56-32)16-13-17-50-45(48)49/h10-12,14-15,22-24,26-29,31-36,60-62,64H,9,13,16-21,47H2,1-8H3,(H,51,70)(H,52,63)(H,53,66)(H,54,72)(H,55,67)(H,56,65)(H,57,71)(H,58,68)(H,59,69)(H4,48,49,50)/t23-,24-,26+,27-,28-,29?,31-,32-,33-,34+,35-,36+/m0/s1. The van der Waals surface area contributed by atoms with E-state index in [4.69, 9.17) is 16.9 Å². The molecule has 9 amide bonds. The van der Waals surface area contributed by atoms with Crippen LogP contribution in [0.25, 0.3) is 0 Å². The minimum atomic E-state index is -1.79. The summed E-state index contributed by atoms with van der Waals surface area (Å²) in [6.45, 7) is 10.1. The predicted molar refractivity (Wildman–Crippen MR) is 261 cm³/mol. The van der Waals surface area contributed by atoms with Crippen LogP contribution < -0.4 is 64.6 Å². The largest absolute Gasteiger partial charge is 0.394 e. The van der Waals surface area contributed by atoms with Crippen molar-refractivity contribution >= 4 is 59.1 Å². The summed E-state index contributed by atoms with van der Waals surface area (Å²) in [7, 11) is 0. The van der Waals surface area contributed by atoms with Gasteiger partial charge in [0.2, 0.25) is 53.2 Å². The number of hydrogen-bond donors (Lipinski definition) is 17. The first-order valence-electron chi connectivity index (χ1n) is 23.8. The maximum absolute atomic E-state index is 14.4. The van der Waals surface area contributed by atoms with Crippen LogP contribution in [0.3, 0.4) is 0 Å². The Morgan fingerprint density at radius 2 is 1.18 bits per heavy atom. The van der Waals surface area contributed by atoms with E-state index in [9.17, 15) is 63.6 Å². The first-order valence-corrected chi connectivity index (χ1v) is 23.8. The minimum absolute atomic E-state index is 0.0607. The van der Waals surface area contributed by atoms with E-state index in [1.807, 2.05) is 0 Å². The SMILES string of the molecule is CC[C@H](C)[C@@H]1NC(=O)[C@@H](CCCNC(=N)N)NC(=O)[C@H](CC(C)(C)C)NC(=O)[C@H]([C@H](O)C(C)C)NC(=O)[C@@H](N)[C@@H](c2ccccc2)NC(=O)C(CO)NC(=O)[C@H](CO)NC(=O)CNC(=O)[C@H]([C@H](C)O)NC1=O. The molecule has 1 aliphatic heterocycles. The normalized spacial score (nSPS) is 26.8. The average molecular weight is 1020 g/mol. The summed E-state index contributed by atoms with van der Waals surface area (Å²) in [4.78, 5) is 125. The van der Waals surface area contributed by atoms with Crippen molar-refractivity contribution in [1.29, 1.82) is 5.41 Å². The Labute approximate surface area is 419 Å². The van der Waals surface area contributed by atoms with Crippen molar-refractivity contribution in [3.63, 3.8) is 0 Å². The van der Waals surface area contributed by atoms with E-state index in [1.54, 1.807) is 66.7 Å². The predicted octanol–water partition coefficient (Wildman–Crippen LogP) is -5.18. The van der Waals surface area contributed by atoms with E-state index in [0.717, 1.165) is 0 Å². The highest BCUT2D eigenvalue weighted by Crippen LogP contribution is 2.22.